The molecule has 0 saturated carbocycles. The molecule has 1 aromatic carbocycles. The molecule has 0 spiro atoms. The van der Waals surface area contributed by atoms with Crippen molar-refractivity contribution >= 4 is 15.8 Å². The number of carboxylic acid groups (broad SMARTS) is 1. The highest BCUT2D eigenvalue weighted by molar-refractivity contribution is 7.90. The third kappa shape index (κ3) is 2.37. The standard InChI is InChI=1S/C12H12N2O4S/c1-14-10(8-6-4-3-5-7-8)9(11(15)16)13-12(14)19(2,17)18/h3-7H,1-2H3,(H,15,16). The van der Waals surface area contributed by atoms with Crippen molar-refractivity contribution in [1.29, 1.82) is 0 Å². The highest BCUT2D eigenvalue weighted by Gasteiger charge is 2.25. The van der Waals surface area contributed by atoms with E-state index in [-0.39, 0.29) is 16.5 Å². The Morgan fingerprint density at radius 3 is 2.32 bits per heavy atom. The van der Waals surface area contributed by atoms with Crippen LogP contribution >= 0.6 is 0 Å². The molecular weight excluding hydrogens is 268 g/mol. The maximum absolute atomic E-state index is 11.6. The van der Waals surface area contributed by atoms with Crippen LogP contribution in [0.1, 0.15) is 10.5 Å². The predicted octanol–water partition coefficient (Wildman–Crippen LogP) is 1.19. The summed E-state index contributed by atoms with van der Waals surface area (Å²) in [6.45, 7) is 0. The van der Waals surface area contributed by atoms with Gasteiger partial charge in [0.2, 0.25) is 15.0 Å². The number of imidazole rings is 1. The van der Waals surface area contributed by atoms with E-state index in [2.05, 4.69) is 4.98 Å². The maximum atomic E-state index is 11.6. The number of hydrogen-bond donors (Lipinski definition) is 1. The fourth-order valence-corrected chi connectivity index (χ4v) is 2.73. The van der Waals surface area contributed by atoms with Gasteiger partial charge in [0.25, 0.3) is 0 Å². The molecule has 0 bridgehead atoms. The van der Waals surface area contributed by atoms with E-state index in [9.17, 15) is 13.2 Å². The summed E-state index contributed by atoms with van der Waals surface area (Å²) in [6, 6.07) is 8.69. The van der Waals surface area contributed by atoms with Gasteiger partial charge in [0, 0.05) is 18.9 Å². The molecule has 19 heavy (non-hydrogen) atoms. The normalized spacial score (nSPS) is 11.5. The molecule has 0 aliphatic carbocycles. The monoisotopic (exact) mass is 280 g/mol. The number of aromatic carboxylic acids is 1. The summed E-state index contributed by atoms with van der Waals surface area (Å²) in [4.78, 5) is 14.9. The van der Waals surface area contributed by atoms with Crippen molar-refractivity contribution in [3.63, 3.8) is 0 Å². The molecule has 0 atom stereocenters. The Bertz CT molecular complexity index is 733. The summed E-state index contributed by atoms with van der Waals surface area (Å²) >= 11 is 0. The summed E-state index contributed by atoms with van der Waals surface area (Å²) in [7, 11) is -2.10. The van der Waals surface area contributed by atoms with Crippen LogP contribution in [-0.2, 0) is 16.9 Å². The van der Waals surface area contributed by atoms with Gasteiger partial charge in [-0.3, -0.25) is 0 Å². The Kier molecular flexibility index (Phi) is 3.15. The largest absolute Gasteiger partial charge is 0.476 e. The van der Waals surface area contributed by atoms with E-state index in [1.165, 1.54) is 11.6 Å². The average Bonchev–Trinajstić information content (AvgIpc) is 2.68. The van der Waals surface area contributed by atoms with E-state index in [4.69, 9.17) is 5.11 Å². The molecule has 1 aromatic heterocycles. The summed E-state index contributed by atoms with van der Waals surface area (Å²) in [5.41, 5.74) is 0.604. The van der Waals surface area contributed by atoms with Crippen LogP contribution in [0.5, 0.6) is 0 Å². The summed E-state index contributed by atoms with van der Waals surface area (Å²) in [5, 5.41) is 8.90. The topological polar surface area (TPSA) is 89.3 Å². The first kappa shape index (κ1) is 13.3. The van der Waals surface area contributed by atoms with E-state index in [1.807, 2.05) is 0 Å². The number of hydrogen-bond acceptors (Lipinski definition) is 4. The van der Waals surface area contributed by atoms with Crippen molar-refractivity contribution in [1.82, 2.24) is 9.55 Å². The molecule has 0 saturated heterocycles. The Hall–Kier alpha value is -2.15. The second-order valence-corrected chi connectivity index (χ2v) is 6.00. The highest BCUT2D eigenvalue weighted by atomic mass is 32.2. The minimum Gasteiger partial charge on any atom is -0.476 e. The number of sulfone groups is 1. The molecule has 1 N–H and O–H groups in total. The molecule has 6 nitrogen and oxygen atoms in total. The minimum atomic E-state index is -3.59. The molecule has 0 unspecified atom stereocenters. The van der Waals surface area contributed by atoms with Crippen LogP contribution in [0.15, 0.2) is 35.5 Å². The van der Waals surface area contributed by atoms with Gasteiger partial charge in [-0.2, -0.15) is 0 Å². The molecule has 0 aliphatic rings. The zero-order valence-electron chi connectivity index (χ0n) is 10.4. The van der Waals surface area contributed by atoms with Crippen LogP contribution < -0.4 is 0 Å². The zero-order valence-corrected chi connectivity index (χ0v) is 11.2. The first-order valence-electron chi connectivity index (χ1n) is 5.38. The van der Waals surface area contributed by atoms with Crippen molar-refractivity contribution in [3.8, 4) is 11.3 Å². The van der Waals surface area contributed by atoms with Crippen LogP contribution in [0.2, 0.25) is 0 Å². The lowest BCUT2D eigenvalue weighted by molar-refractivity contribution is 0.0691. The first-order valence-corrected chi connectivity index (χ1v) is 7.27. The van der Waals surface area contributed by atoms with Crippen LogP contribution in [0.4, 0.5) is 0 Å². The minimum absolute atomic E-state index is 0.260. The van der Waals surface area contributed by atoms with E-state index < -0.39 is 15.8 Å². The lowest BCUT2D eigenvalue weighted by Crippen LogP contribution is -2.06. The van der Waals surface area contributed by atoms with E-state index >= 15 is 0 Å². The van der Waals surface area contributed by atoms with Crippen molar-refractivity contribution in [2.45, 2.75) is 5.16 Å². The molecule has 1 heterocycles. The fourth-order valence-electron chi connectivity index (χ4n) is 1.89. The number of rotatable bonds is 3. The smallest absolute Gasteiger partial charge is 0.356 e. The highest BCUT2D eigenvalue weighted by Crippen LogP contribution is 2.26. The third-order valence-electron chi connectivity index (χ3n) is 2.64. The number of nitrogens with zero attached hydrogens (tertiary/aromatic N) is 2. The fraction of sp³-hybridized carbons (Fsp3) is 0.167. The van der Waals surface area contributed by atoms with E-state index in [0.29, 0.717) is 5.56 Å². The SMILES string of the molecule is Cn1c(S(C)(=O)=O)nc(C(=O)O)c1-c1ccccc1. The quantitative estimate of drug-likeness (QED) is 0.912. The van der Waals surface area contributed by atoms with Crippen molar-refractivity contribution in [3.05, 3.63) is 36.0 Å². The molecule has 7 heteroatoms. The Labute approximate surface area is 110 Å². The second kappa shape index (κ2) is 4.51. The Morgan fingerprint density at radius 2 is 1.84 bits per heavy atom. The van der Waals surface area contributed by atoms with Gasteiger partial charge in [0.05, 0.1) is 5.69 Å². The molecule has 0 fully saturated rings. The molecule has 2 rings (SSSR count). The van der Waals surface area contributed by atoms with Gasteiger partial charge in [0.15, 0.2) is 5.69 Å². The maximum Gasteiger partial charge on any atom is 0.356 e. The van der Waals surface area contributed by atoms with Crippen molar-refractivity contribution in [2.75, 3.05) is 6.26 Å². The average molecular weight is 280 g/mol. The van der Waals surface area contributed by atoms with E-state index in [1.54, 1.807) is 30.3 Å². The summed E-state index contributed by atoms with van der Waals surface area (Å²) < 4.78 is 24.5. The molecule has 2 aromatic rings. The van der Waals surface area contributed by atoms with Gasteiger partial charge in [-0.15, -0.1) is 0 Å². The third-order valence-corrected chi connectivity index (χ3v) is 3.66. The molecule has 0 aliphatic heterocycles. The predicted molar refractivity (Wildman–Crippen MR) is 68.7 cm³/mol. The number of carboxylic acids is 1. The molecule has 100 valence electrons. The first-order chi connectivity index (χ1) is 8.82. The lowest BCUT2D eigenvalue weighted by atomic mass is 10.1. The van der Waals surface area contributed by atoms with E-state index in [0.717, 1.165) is 6.26 Å². The van der Waals surface area contributed by atoms with Crippen LogP contribution in [0.25, 0.3) is 11.3 Å². The Balaban J connectivity index is 2.80. The van der Waals surface area contributed by atoms with Crippen molar-refractivity contribution < 1.29 is 18.3 Å². The van der Waals surface area contributed by atoms with Crippen molar-refractivity contribution in [2.24, 2.45) is 7.05 Å². The van der Waals surface area contributed by atoms with Gasteiger partial charge in [-0.1, -0.05) is 30.3 Å². The molecule has 0 radical (unpaired) electrons. The number of benzene rings is 1. The van der Waals surface area contributed by atoms with Gasteiger partial charge < -0.3 is 9.67 Å². The second-order valence-electron chi connectivity index (χ2n) is 4.09. The zero-order chi connectivity index (χ0) is 14.2. The number of aromatic nitrogens is 2. The van der Waals surface area contributed by atoms with Gasteiger partial charge in [-0.05, 0) is 0 Å². The van der Waals surface area contributed by atoms with Gasteiger partial charge in [0.1, 0.15) is 0 Å². The van der Waals surface area contributed by atoms with Gasteiger partial charge >= 0.3 is 5.97 Å². The molecule has 0 amide bonds. The summed E-state index contributed by atoms with van der Waals surface area (Å²) in [5.74, 6) is -1.26. The van der Waals surface area contributed by atoms with Gasteiger partial charge in [-0.25, -0.2) is 18.2 Å². The molecular formula is C12H12N2O4S. The Morgan fingerprint density at radius 1 is 1.26 bits per heavy atom. The summed E-state index contributed by atoms with van der Waals surface area (Å²) in [6.07, 6.45) is 0.996. The number of carbonyl (C=O) groups is 1. The van der Waals surface area contributed by atoms with Crippen LogP contribution in [0.3, 0.4) is 0 Å². The lowest BCUT2D eigenvalue weighted by Gasteiger charge is -2.05. The van der Waals surface area contributed by atoms with Crippen LogP contribution in [-0.4, -0.2) is 35.3 Å². The van der Waals surface area contributed by atoms with Crippen LogP contribution in [0, 0.1) is 0 Å².